The normalized spacial score (nSPS) is 11.3. The molecule has 0 atom stereocenters. The summed E-state index contributed by atoms with van der Waals surface area (Å²) in [7, 11) is 1.87. The van der Waals surface area contributed by atoms with E-state index in [1.807, 2.05) is 25.2 Å². The van der Waals surface area contributed by atoms with Gasteiger partial charge in [0.25, 0.3) is 0 Å². The van der Waals surface area contributed by atoms with Gasteiger partial charge in [-0.25, -0.2) is 9.97 Å². The monoisotopic (exact) mass is 307 g/mol. The Morgan fingerprint density at radius 1 is 1.26 bits per heavy atom. The van der Waals surface area contributed by atoms with Gasteiger partial charge in [0.1, 0.15) is 11.3 Å². The largest absolute Gasteiger partial charge is 0.378 e. The van der Waals surface area contributed by atoms with Crippen molar-refractivity contribution in [1.82, 2.24) is 19.7 Å². The molecule has 6 nitrogen and oxygen atoms in total. The summed E-state index contributed by atoms with van der Waals surface area (Å²) < 4.78 is 1.79. The fourth-order valence-corrected chi connectivity index (χ4v) is 2.26. The number of aromatic nitrogens is 4. The zero-order valence-electron chi connectivity index (χ0n) is 13.2. The van der Waals surface area contributed by atoms with Crippen LogP contribution in [0, 0.1) is 11.8 Å². The van der Waals surface area contributed by atoms with E-state index >= 15 is 0 Å². The molecule has 0 aliphatic carbocycles. The highest BCUT2D eigenvalue weighted by atomic mass is 16.3. The quantitative estimate of drug-likeness (QED) is 0.668. The SMILES string of the molecule is Cn1nc(-c2ccnc(N)n2)c2cc(C#CC(C)(C)O)ccc21. The molecule has 0 unspecified atom stereocenters. The maximum absolute atomic E-state index is 9.74. The van der Waals surface area contributed by atoms with E-state index in [1.54, 1.807) is 30.8 Å². The minimum Gasteiger partial charge on any atom is -0.378 e. The minimum atomic E-state index is -1.03. The van der Waals surface area contributed by atoms with E-state index in [4.69, 9.17) is 5.73 Å². The predicted molar refractivity (Wildman–Crippen MR) is 89.3 cm³/mol. The van der Waals surface area contributed by atoms with Gasteiger partial charge in [0, 0.05) is 24.2 Å². The number of fused-ring (bicyclic) bond motifs is 1. The van der Waals surface area contributed by atoms with E-state index in [1.165, 1.54) is 0 Å². The van der Waals surface area contributed by atoms with Crippen LogP contribution in [0.5, 0.6) is 0 Å². The van der Waals surface area contributed by atoms with Crippen molar-refractivity contribution in [3.63, 3.8) is 0 Å². The average molecular weight is 307 g/mol. The fraction of sp³-hybridized carbons (Fsp3) is 0.235. The Bertz CT molecular complexity index is 941. The van der Waals surface area contributed by atoms with Crippen LogP contribution in [0.15, 0.2) is 30.5 Å². The van der Waals surface area contributed by atoms with Crippen LogP contribution in [-0.4, -0.2) is 30.5 Å². The maximum Gasteiger partial charge on any atom is 0.220 e. The fourth-order valence-electron chi connectivity index (χ4n) is 2.26. The average Bonchev–Trinajstić information content (AvgIpc) is 2.81. The summed E-state index contributed by atoms with van der Waals surface area (Å²) in [6, 6.07) is 7.56. The van der Waals surface area contributed by atoms with Crippen molar-refractivity contribution in [3.05, 3.63) is 36.0 Å². The van der Waals surface area contributed by atoms with E-state index in [2.05, 4.69) is 26.9 Å². The van der Waals surface area contributed by atoms with Gasteiger partial charge in [0.05, 0.1) is 11.2 Å². The van der Waals surface area contributed by atoms with E-state index in [-0.39, 0.29) is 5.95 Å². The van der Waals surface area contributed by atoms with Crippen molar-refractivity contribution >= 4 is 16.9 Å². The number of hydrogen-bond acceptors (Lipinski definition) is 5. The third kappa shape index (κ3) is 3.15. The van der Waals surface area contributed by atoms with E-state index in [0.29, 0.717) is 5.69 Å². The summed E-state index contributed by atoms with van der Waals surface area (Å²) in [6.07, 6.45) is 1.61. The van der Waals surface area contributed by atoms with E-state index < -0.39 is 5.60 Å². The van der Waals surface area contributed by atoms with Gasteiger partial charge in [0.15, 0.2) is 0 Å². The van der Waals surface area contributed by atoms with Crippen molar-refractivity contribution < 1.29 is 5.11 Å². The van der Waals surface area contributed by atoms with Gasteiger partial charge in [-0.1, -0.05) is 11.8 Å². The van der Waals surface area contributed by atoms with Gasteiger partial charge in [-0.15, -0.1) is 0 Å². The third-order valence-electron chi connectivity index (χ3n) is 3.28. The van der Waals surface area contributed by atoms with E-state index in [9.17, 15) is 5.11 Å². The first-order chi connectivity index (χ1) is 10.8. The summed E-state index contributed by atoms with van der Waals surface area (Å²) >= 11 is 0. The smallest absolute Gasteiger partial charge is 0.220 e. The van der Waals surface area contributed by atoms with Crippen LogP contribution >= 0.6 is 0 Å². The molecule has 3 N–H and O–H groups in total. The van der Waals surface area contributed by atoms with Crippen molar-refractivity contribution in [1.29, 1.82) is 0 Å². The summed E-state index contributed by atoms with van der Waals surface area (Å²) in [5, 5.41) is 15.2. The van der Waals surface area contributed by atoms with Gasteiger partial charge in [0.2, 0.25) is 5.95 Å². The Labute approximate surface area is 134 Å². The Morgan fingerprint density at radius 3 is 2.74 bits per heavy atom. The highest BCUT2D eigenvalue weighted by molar-refractivity contribution is 5.93. The lowest BCUT2D eigenvalue weighted by Crippen LogP contribution is -2.14. The first-order valence-electron chi connectivity index (χ1n) is 7.15. The minimum absolute atomic E-state index is 0.208. The van der Waals surface area contributed by atoms with Gasteiger partial charge in [-0.2, -0.15) is 5.10 Å². The molecule has 0 radical (unpaired) electrons. The van der Waals surface area contributed by atoms with Gasteiger partial charge < -0.3 is 10.8 Å². The number of hydrogen-bond donors (Lipinski definition) is 2. The van der Waals surface area contributed by atoms with Crippen molar-refractivity contribution in [3.8, 4) is 23.2 Å². The summed E-state index contributed by atoms with van der Waals surface area (Å²) in [5.74, 6) is 6.00. The molecule has 3 rings (SSSR count). The van der Waals surface area contributed by atoms with Crippen molar-refractivity contribution in [2.24, 2.45) is 7.05 Å². The highest BCUT2D eigenvalue weighted by Gasteiger charge is 2.13. The lowest BCUT2D eigenvalue weighted by Gasteiger charge is -2.06. The molecular weight excluding hydrogens is 290 g/mol. The summed E-state index contributed by atoms with van der Waals surface area (Å²) in [6.45, 7) is 3.30. The number of aliphatic hydroxyl groups is 1. The zero-order valence-corrected chi connectivity index (χ0v) is 13.2. The molecule has 0 saturated heterocycles. The van der Waals surface area contributed by atoms with Crippen molar-refractivity contribution in [2.75, 3.05) is 5.73 Å². The molecule has 0 bridgehead atoms. The van der Waals surface area contributed by atoms with Gasteiger partial charge in [-0.05, 0) is 38.1 Å². The summed E-state index contributed by atoms with van der Waals surface area (Å²) in [4.78, 5) is 8.14. The van der Waals surface area contributed by atoms with Crippen LogP contribution in [0.3, 0.4) is 0 Å². The summed E-state index contributed by atoms with van der Waals surface area (Å²) in [5.41, 5.74) is 7.79. The molecular formula is C17H17N5O. The van der Waals surface area contributed by atoms with Crippen LogP contribution in [0.25, 0.3) is 22.3 Å². The zero-order chi connectivity index (χ0) is 16.6. The van der Waals surface area contributed by atoms with Crippen LogP contribution in [0.4, 0.5) is 5.95 Å². The molecule has 23 heavy (non-hydrogen) atoms. The standard InChI is InChI=1S/C17H17N5O/c1-17(2,23)8-6-11-4-5-14-12(10-11)15(21-22(14)3)13-7-9-19-16(18)20-13/h4-5,7,9-10,23H,1-3H3,(H2,18,19,20). The van der Waals surface area contributed by atoms with E-state index in [0.717, 1.165) is 22.2 Å². The molecule has 6 heteroatoms. The van der Waals surface area contributed by atoms with Crippen molar-refractivity contribution in [2.45, 2.75) is 19.4 Å². The second kappa shape index (κ2) is 5.38. The van der Waals surface area contributed by atoms with Crippen LogP contribution < -0.4 is 5.73 Å². The molecule has 116 valence electrons. The second-order valence-electron chi connectivity index (χ2n) is 5.81. The number of nitrogen functional groups attached to an aromatic ring is 1. The Hall–Kier alpha value is -2.91. The number of benzene rings is 1. The predicted octanol–water partition coefficient (Wildman–Crippen LogP) is 1.73. The molecule has 2 aromatic heterocycles. The molecule has 1 aromatic carbocycles. The lowest BCUT2D eigenvalue weighted by molar-refractivity contribution is 0.143. The molecule has 0 saturated carbocycles. The third-order valence-corrected chi connectivity index (χ3v) is 3.28. The maximum atomic E-state index is 9.74. The first kappa shape index (κ1) is 15.0. The Morgan fingerprint density at radius 2 is 2.04 bits per heavy atom. The van der Waals surface area contributed by atoms with Gasteiger partial charge in [-0.3, -0.25) is 4.68 Å². The Balaban J connectivity index is 2.17. The second-order valence-corrected chi connectivity index (χ2v) is 5.81. The van der Waals surface area contributed by atoms with Crippen LogP contribution in [-0.2, 0) is 7.05 Å². The van der Waals surface area contributed by atoms with Crippen LogP contribution in [0.2, 0.25) is 0 Å². The number of anilines is 1. The van der Waals surface area contributed by atoms with Gasteiger partial charge >= 0.3 is 0 Å². The topological polar surface area (TPSA) is 89.9 Å². The first-order valence-corrected chi connectivity index (χ1v) is 7.15. The number of aryl methyl sites for hydroxylation is 1. The Kier molecular flexibility index (Phi) is 3.51. The molecule has 3 aromatic rings. The molecule has 0 spiro atoms. The molecule has 0 aliphatic rings. The lowest BCUT2D eigenvalue weighted by atomic mass is 10.1. The van der Waals surface area contributed by atoms with Crippen LogP contribution in [0.1, 0.15) is 19.4 Å². The molecule has 0 amide bonds. The molecule has 0 aliphatic heterocycles. The number of nitrogens with two attached hydrogens (primary N) is 1. The number of rotatable bonds is 1. The molecule has 0 fully saturated rings. The molecule has 2 heterocycles. The number of nitrogens with zero attached hydrogens (tertiary/aromatic N) is 4. The highest BCUT2D eigenvalue weighted by Crippen LogP contribution is 2.27.